The fourth-order valence-corrected chi connectivity index (χ4v) is 2.75. The van der Waals surface area contributed by atoms with Gasteiger partial charge in [-0.3, -0.25) is 4.79 Å². The number of carbonyl (C=O) groups excluding carboxylic acids is 1. The summed E-state index contributed by atoms with van der Waals surface area (Å²) in [4.78, 5) is 12.1. The summed E-state index contributed by atoms with van der Waals surface area (Å²) in [5.41, 5.74) is 7.13. The van der Waals surface area contributed by atoms with Crippen LogP contribution in [0, 0.1) is 6.92 Å². The molecule has 1 aromatic rings. The molecule has 6 heteroatoms. The van der Waals surface area contributed by atoms with Crippen molar-refractivity contribution in [2.75, 3.05) is 11.9 Å². The number of rotatable bonds is 3. The van der Waals surface area contributed by atoms with E-state index < -0.39 is 6.10 Å². The zero-order valence-electron chi connectivity index (χ0n) is 10.6. The summed E-state index contributed by atoms with van der Waals surface area (Å²) in [6.45, 7) is 2.36. The Morgan fingerprint density at radius 3 is 2.95 bits per heavy atom. The zero-order valence-corrected chi connectivity index (χ0v) is 12.9. The molecule has 0 aliphatic carbocycles. The van der Waals surface area contributed by atoms with Crippen LogP contribution in [0.1, 0.15) is 18.4 Å². The fraction of sp³-hybridized carbons (Fsp3) is 0.462. The number of carbonyl (C=O) groups is 1. The molecule has 2 atom stereocenters. The van der Waals surface area contributed by atoms with Crippen molar-refractivity contribution in [1.29, 1.82) is 0 Å². The maximum absolute atomic E-state index is 12.1. The third kappa shape index (κ3) is 3.48. The second kappa shape index (κ2) is 6.22. The monoisotopic (exact) mass is 346 g/mol. The third-order valence-electron chi connectivity index (χ3n) is 3.17. The van der Waals surface area contributed by atoms with E-state index >= 15 is 0 Å². The molecular formula is C13H16BrClN2O2. The minimum absolute atomic E-state index is 0.0132. The van der Waals surface area contributed by atoms with Gasteiger partial charge < -0.3 is 15.8 Å². The van der Waals surface area contributed by atoms with E-state index in [4.69, 9.17) is 22.1 Å². The van der Waals surface area contributed by atoms with E-state index in [-0.39, 0.29) is 12.0 Å². The molecule has 3 N–H and O–H groups in total. The summed E-state index contributed by atoms with van der Waals surface area (Å²) < 4.78 is 6.36. The van der Waals surface area contributed by atoms with Crippen molar-refractivity contribution in [3.05, 3.63) is 27.2 Å². The van der Waals surface area contributed by atoms with Crippen LogP contribution in [-0.4, -0.2) is 24.7 Å². The number of nitrogens with one attached hydrogen (secondary N) is 1. The Morgan fingerprint density at radius 2 is 2.32 bits per heavy atom. The highest BCUT2D eigenvalue weighted by Gasteiger charge is 2.30. The molecule has 4 nitrogen and oxygen atoms in total. The highest BCUT2D eigenvalue weighted by Crippen LogP contribution is 2.30. The minimum atomic E-state index is -0.430. The fourth-order valence-electron chi connectivity index (χ4n) is 2.03. The average Bonchev–Trinajstić information content (AvgIpc) is 2.84. The largest absolute Gasteiger partial charge is 0.364 e. The van der Waals surface area contributed by atoms with Crippen molar-refractivity contribution < 1.29 is 9.53 Å². The molecule has 104 valence electrons. The maximum Gasteiger partial charge on any atom is 0.253 e. The van der Waals surface area contributed by atoms with Crippen molar-refractivity contribution in [2.24, 2.45) is 5.73 Å². The van der Waals surface area contributed by atoms with Gasteiger partial charge in [0.2, 0.25) is 0 Å². The molecule has 1 fully saturated rings. The van der Waals surface area contributed by atoms with Gasteiger partial charge in [-0.1, -0.05) is 11.6 Å². The molecule has 1 amide bonds. The molecule has 1 aliphatic rings. The Labute approximate surface area is 125 Å². The number of nitrogens with two attached hydrogens (primary N) is 1. The smallest absolute Gasteiger partial charge is 0.253 e. The van der Waals surface area contributed by atoms with Crippen molar-refractivity contribution >= 4 is 39.1 Å². The first kappa shape index (κ1) is 14.8. The maximum atomic E-state index is 12.1. The summed E-state index contributed by atoms with van der Waals surface area (Å²) in [5, 5.41) is 3.45. The highest BCUT2D eigenvalue weighted by atomic mass is 79.9. The van der Waals surface area contributed by atoms with Crippen LogP contribution in [-0.2, 0) is 9.53 Å². The van der Waals surface area contributed by atoms with Crippen molar-refractivity contribution in [1.82, 2.24) is 0 Å². The number of benzene rings is 1. The van der Waals surface area contributed by atoms with Gasteiger partial charge in [0.05, 0.1) is 11.8 Å². The van der Waals surface area contributed by atoms with Crippen LogP contribution in [0.3, 0.4) is 0 Å². The van der Waals surface area contributed by atoms with E-state index in [1.807, 2.05) is 13.0 Å². The summed E-state index contributed by atoms with van der Waals surface area (Å²) in [7, 11) is 0. The molecule has 2 unspecified atom stereocenters. The number of amides is 1. The molecule has 0 spiro atoms. The molecule has 1 heterocycles. The lowest BCUT2D eigenvalue weighted by Gasteiger charge is -2.14. The van der Waals surface area contributed by atoms with Crippen LogP contribution in [0.15, 0.2) is 16.6 Å². The molecule has 2 rings (SSSR count). The number of hydrogen-bond acceptors (Lipinski definition) is 3. The van der Waals surface area contributed by atoms with Gasteiger partial charge in [-0.05, 0) is 53.4 Å². The Morgan fingerprint density at radius 1 is 1.58 bits per heavy atom. The normalized spacial score (nSPS) is 22.5. The second-order valence-corrected chi connectivity index (χ2v) is 5.89. The lowest BCUT2D eigenvalue weighted by molar-refractivity contribution is -0.126. The first-order valence-corrected chi connectivity index (χ1v) is 7.30. The van der Waals surface area contributed by atoms with Crippen LogP contribution in [0.25, 0.3) is 0 Å². The van der Waals surface area contributed by atoms with Gasteiger partial charge >= 0.3 is 0 Å². The first-order valence-electron chi connectivity index (χ1n) is 6.13. The molecular weight excluding hydrogens is 332 g/mol. The lowest BCUT2D eigenvalue weighted by Crippen LogP contribution is -2.29. The quantitative estimate of drug-likeness (QED) is 0.883. The van der Waals surface area contributed by atoms with E-state index in [0.717, 1.165) is 16.5 Å². The molecule has 0 saturated carbocycles. The van der Waals surface area contributed by atoms with Gasteiger partial charge in [0.15, 0.2) is 0 Å². The number of ether oxygens (including phenoxy) is 1. The van der Waals surface area contributed by atoms with Crippen LogP contribution >= 0.6 is 27.5 Å². The molecule has 19 heavy (non-hydrogen) atoms. The second-order valence-electron chi connectivity index (χ2n) is 4.63. The van der Waals surface area contributed by atoms with Crippen molar-refractivity contribution in [2.45, 2.75) is 32.0 Å². The van der Waals surface area contributed by atoms with E-state index in [9.17, 15) is 4.79 Å². The SMILES string of the molecule is Cc1cc(Br)c(NC(=O)C2CCC(CN)O2)cc1Cl. The summed E-state index contributed by atoms with van der Waals surface area (Å²) in [5.74, 6) is -0.156. The van der Waals surface area contributed by atoms with Gasteiger partial charge in [-0.15, -0.1) is 0 Å². The standard InChI is InChI=1S/C13H16BrClN2O2/c1-7-4-9(14)11(5-10(7)15)17-13(18)12-3-2-8(6-16)19-12/h4-5,8,12H,2-3,6,16H2,1H3,(H,17,18). The van der Waals surface area contributed by atoms with Gasteiger partial charge in [-0.2, -0.15) is 0 Å². The van der Waals surface area contributed by atoms with Gasteiger partial charge in [0, 0.05) is 16.0 Å². The van der Waals surface area contributed by atoms with Crippen LogP contribution in [0.4, 0.5) is 5.69 Å². The predicted molar refractivity (Wildman–Crippen MR) is 79.5 cm³/mol. The third-order valence-corrected chi connectivity index (χ3v) is 4.23. The van der Waals surface area contributed by atoms with E-state index in [2.05, 4.69) is 21.2 Å². The first-order chi connectivity index (χ1) is 9.01. The topological polar surface area (TPSA) is 64.4 Å². The molecule has 0 radical (unpaired) electrons. The van der Waals surface area contributed by atoms with Gasteiger partial charge in [0.1, 0.15) is 6.10 Å². The van der Waals surface area contributed by atoms with E-state index in [1.54, 1.807) is 6.07 Å². The van der Waals surface area contributed by atoms with Crippen LogP contribution in [0.2, 0.25) is 5.02 Å². The highest BCUT2D eigenvalue weighted by molar-refractivity contribution is 9.10. The Hall–Kier alpha value is -0.620. The van der Waals surface area contributed by atoms with Crippen LogP contribution in [0.5, 0.6) is 0 Å². The number of halogens is 2. The van der Waals surface area contributed by atoms with Crippen molar-refractivity contribution in [3.8, 4) is 0 Å². The molecule has 1 aliphatic heterocycles. The summed E-state index contributed by atoms with van der Waals surface area (Å²) in [6, 6.07) is 3.60. The van der Waals surface area contributed by atoms with E-state index in [1.165, 1.54) is 0 Å². The number of anilines is 1. The predicted octanol–water partition coefficient (Wildman–Crippen LogP) is 2.86. The van der Waals surface area contributed by atoms with Gasteiger partial charge in [0.25, 0.3) is 5.91 Å². The van der Waals surface area contributed by atoms with Crippen molar-refractivity contribution in [3.63, 3.8) is 0 Å². The van der Waals surface area contributed by atoms with Gasteiger partial charge in [-0.25, -0.2) is 0 Å². The lowest BCUT2D eigenvalue weighted by atomic mass is 10.2. The molecule has 1 aromatic carbocycles. The Balaban J connectivity index is 2.05. The number of hydrogen-bond donors (Lipinski definition) is 2. The molecule has 1 saturated heterocycles. The summed E-state index contributed by atoms with van der Waals surface area (Å²) >= 11 is 9.46. The van der Waals surface area contributed by atoms with Crippen LogP contribution < -0.4 is 11.1 Å². The minimum Gasteiger partial charge on any atom is -0.364 e. The average molecular weight is 348 g/mol. The summed E-state index contributed by atoms with van der Waals surface area (Å²) in [6.07, 6.45) is 1.08. The molecule has 0 bridgehead atoms. The molecule has 0 aromatic heterocycles. The number of aryl methyl sites for hydroxylation is 1. The Bertz CT molecular complexity index is 496. The van der Waals surface area contributed by atoms with E-state index in [0.29, 0.717) is 23.7 Å². The Kier molecular flexibility index (Phi) is 4.84. The zero-order chi connectivity index (χ0) is 14.0.